The quantitative estimate of drug-likeness (QED) is 0.466. The summed E-state index contributed by atoms with van der Waals surface area (Å²) >= 11 is 6.37. The van der Waals surface area contributed by atoms with Crippen LogP contribution >= 0.6 is 18.7 Å². The molecule has 32 heavy (non-hydrogen) atoms. The maximum Gasteiger partial charge on any atom is 0.229 e. The average molecular weight is 475 g/mol. The van der Waals surface area contributed by atoms with E-state index in [2.05, 4.69) is 37.3 Å². The Morgan fingerprint density at radius 3 is 2.62 bits per heavy atom. The highest BCUT2D eigenvalue weighted by atomic mass is 35.5. The summed E-state index contributed by atoms with van der Waals surface area (Å²) in [5, 5.41) is 12.3. The van der Waals surface area contributed by atoms with Crippen LogP contribution < -0.4 is 15.9 Å². The van der Waals surface area contributed by atoms with Crippen molar-refractivity contribution in [3.8, 4) is 0 Å². The van der Waals surface area contributed by atoms with Crippen LogP contribution in [0.4, 0.5) is 23.1 Å². The number of nitrogens with one attached hydrogen (secondary N) is 2. The first kappa shape index (κ1) is 22.8. The molecule has 0 atom stereocenters. The molecule has 1 aliphatic heterocycles. The average Bonchev–Trinajstić information content (AvgIpc) is 3.19. The van der Waals surface area contributed by atoms with Crippen LogP contribution in [0.25, 0.3) is 0 Å². The van der Waals surface area contributed by atoms with E-state index in [1.165, 1.54) is 0 Å². The molecule has 0 radical (unpaired) electrons. The van der Waals surface area contributed by atoms with Crippen molar-refractivity contribution in [1.29, 1.82) is 0 Å². The molecule has 3 heterocycles. The summed E-state index contributed by atoms with van der Waals surface area (Å²) in [6.07, 6.45) is 6.11. The van der Waals surface area contributed by atoms with Crippen molar-refractivity contribution in [2.45, 2.75) is 32.2 Å². The van der Waals surface area contributed by atoms with E-state index < -0.39 is 7.14 Å². The van der Waals surface area contributed by atoms with Crippen LogP contribution in [0.2, 0.25) is 5.02 Å². The summed E-state index contributed by atoms with van der Waals surface area (Å²) < 4.78 is 20.3. The molecule has 0 aliphatic carbocycles. The fourth-order valence-corrected chi connectivity index (χ4v) is 5.19. The normalized spacial score (nSPS) is 15.0. The maximum atomic E-state index is 12.7. The van der Waals surface area contributed by atoms with Crippen molar-refractivity contribution in [3.63, 3.8) is 0 Å². The lowest BCUT2D eigenvalue weighted by molar-refractivity contribution is 0.0655. The second kappa shape index (κ2) is 9.61. The molecule has 8 nitrogen and oxygen atoms in total. The highest BCUT2D eigenvalue weighted by Gasteiger charge is 2.21. The standard InChI is InChI=1S/C22H28ClN6O2P/c1-4-19-18(14-25-29(19)15-9-11-31-12-10-15)27-22-24-13-16(23)21(28-22)26-17-7-5-6-8-20(17)32(2,3)30/h5-8,13-15H,4,9-12H2,1-3H3,(H2,24,26,27,28). The van der Waals surface area contributed by atoms with Crippen molar-refractivity contribution in [2.24, 2.45) is 0 Å². The van der Waals surface area contributed by atoms with E-state index in [1.54, 1.807) is 19.5 Å². The minimum atomic E-state index is -2.48. The summed E-state index contributed by atoms with van der Waals surface area (Å²) in [7, 11) is -2.48. The molecule has 170 valence electrons. The molecule has 4 rings (SSSR count). The molecule has 2 aromatic heterocycles. The molecule has 0 spiro atoms. The fourth-order valence-electron chi connectivity index (χ4n) is 3.90. The Balaban J connectivity index is 1.59. The Bertz CT molecular complexity index is 1140. The van der Waals surface area contributed by atoms with Crippen molar-refractivity contribution in [3.05, 3.63) is 47.4 Å². The van der Waals surface area contributed by atoms with Crippen molar-refractivity contribution in [1.82, 2.24) is 19.7 Å². The lowest BCUT2D eigenvalue weighted by Gasteiger charge is -2.24. The lowest BCUT2D eigenvalue weighted by atomic mass is 10.1. The molecule has 0 unspecified atom stereocenters. The zero-order valence-electron chi connectivity index (χ0n) is 18.5. The van der Waals surface area contributed by atoms with Crippen LogP contribution in [0.5, 0.6) is 0 Å². The van der Waals surface area contributed by atoms with Crippen LogP contribution in [0.3, 0.4) is 0 Å². The summed E-state index contributed by atoms with van der Waals surface area (Å²) in [4.78, 5) is 8.91. The third kappa shape index (κ3) is 4.98. The molecule has 10 heteroatoms. The first-order valence-electron chi connectivity index (χ1n) is 10.7. The van der Waals surface area contributed by atoms with Gasteiger partial charge in [0.1, 0.15) is 12.2 Å². The van der Waals surface area contributed by atoms with Gasteiger partial charge in [0.15, 0.2) is 5.82 Å². The number of halogens is 1. The smallest absolute Gasteiger partial charge is 0.229 e. The second-order valence-electron chi connectivity index (χ2n) is 8.15. The maximum absolute atomic E-state index is 12.7. The minimum Gasteiger partial charge on any atom is -0.381 e. The van der Waals surface area contributed by atoms with Gasteiger partial charge in [-0.1, -0.05) is 30.7 Å². The lowest BCUT2D eigenvalue weighted by Crippen LogP contribution is -2.22. The second-order valence-corrected chi connectivity index (χ2v) is 11.7. The van der Waals surface area contributed by atoms with Crippen LogP contribution in [0, 0.1) is 0 Å². The number of nitrogens with zero attached hydrogens (tertiary/aromatic N) is 4. The van der Waals surface area contributed by atoms with Crippen LogP contribution in [-0.2, 0) is 15.7 Å². The molecule has 1 fully saturated rings. The molecule has 0 bridgehead atoms. The number of ether oxygens (including phenoxy) is 1. The predicted octanol–water partition coefficient (Wildman–Crippen LogP) is 4.98. The van der Waals surface area contributed by atoms with Gasteiger partial charge in [0, 0.05) is 18.5 Å². The summed E-state index contributed by atoms with van der Waals surface area (Å²) in [6, 6.07) is 7.82. The topological polar surface area (TPSA) is 94.0 Å². The van der Waals surface area contributed by atoms with Gasteiger partial charge in [-0.25, -0.2) is 4.98 Å². The molecule has 2 N–H and O–H groups in total. The number of anilines is 4. The number of para-hydroxylation sites is 1. The largest absolute Gasteiger partial charge is 0.381 e. The van der Waals surface area contributed by atoms with Gasteiger partial charge in [0.25, 0.3) is 0 Å². The van der Waals surface area contributed by atoms with Crippen LogP contribution in [-0.4, -0.2) is 46.3 Å². The first-order chi connectivity index (χ1) is 15.4. The van der Waals surface area contributed by atoms with Gasteiger partial charge < -0.3 is 19.9 Å². The molecule has 3 aromatic rings. The van der Waals surface area contributed by atoms with Crippen LogP contribution in [0.15, 0.2) is 36.7 Å². The van der Waals surface area contributed by atoms with Gasteiger partial charge in [-0.15, -0.1) is 0 Å². The third-order valence-corrected chi connectivity index (χ3v) is 7.33. The number of benzene rings is 1. The number of rotatable bonds is 7. The van der Waals surface area contributed by atoms with Gasteiger partial charge in [0.2, 0.25) is 5.95 Å². The van der Waals surface area contributed by atoms with Crippen molar-refractivity contribution < 1.29 is 9.30 Å². The zero-order chi connectivity index (χ0) is 22.7. The van der Waals surface area contributed by atoms with Gasteiger partial charge in [0.05, 0.1) is 35.5 Å². The van der Waals surface area contributed by atoms with E-state index in [0.717, 1.165) is 49.2 Å². The molecular weight excluding hydrogens is 447 g/mol. The third-order valence-electron chi connectivity index (χ3n) is 5.50. The molecule has 0 saturated carbocycles. The monoisotopic (exact) mass is 474 g/mol. The Morgan fingerprint density at radius 1 is 1.16 bits per heavy atom. The zero-order valence-corrected chi connectivity index (χ0v) is 20.2. The summed E-state index contributed by atoms with van der Waals surface area (Å²) in [5.74, 6) is 0.853. The molecule has 0 amide bonds. The number of hydrogen-bond acceptors (Lipinski definition) is 7. The van der Waals surface area contributed by atoms with Gasteiger partial charge >= 0.3 is 0 Å². The van der Waals surface area contributed by atoms with Crippen LogP contribution in [0.1, 0.15) is 31.5 Å². The van der Waals surface area contributed by atoms with E-state index >= 15 is 0 Å². The summed E-state index contributed by atoms with van der Waals surface area (Å²) in [6.45, 7) is 7.11. The fraction of sp³-hybridized carbons (Fsp3) is 0.409. The SMILES string of the molecule is CCc1c(Nc2ncc(Cl)c(Nc3ccccc3P(C)(C)=O)n2)cnn1C1CCOCC1. The Kier molecular flexibility index (Phi) is 6.84. The predicted molar refractivity (Wildman–Crippen MR) is 130 cm³/mol. The van der Waals surface area contributed by atoms with E-state index in [9.17, 15) is 4.57 Å². The van der Waals surface area contributed by atoms with Crippen molar-refractivity contribution in [2.75, 3.05) is 37.2 Å². The van der Waals surface area contributed by atoms with E-state index in [1.807, 2.05) is 30.5 Å². The minimum absolute atomic E-state index is 0.341. The van der Waals surface area contributed by atoms with Gasteiger partial charge in [-0.2, -0.15) is 10.1 Å². The molecule has 1 aliphatic rings. The Morgan fingerprint density at radius 2 is 1.91 bits per heavy atom. The summed E-state index contributed by atoms with van der Waals surface area (Å²) in [5.41, 5.74) is 2.70. The van der Waals surface area contributed by atoms with E-state index in [4.69, 9.17) is 16.3 Å². The highest BCUT2D eigenvalue weighted by molar-refractivity contribution is 7.70. The van der Waals surface area contributed by atoms with Crippen molar-refractivity contribution >= 4 is 47.2 Å². The molecular formula is C22H28ClN6O2P. The molecule has 1 saturated heterocycles. The van der Waals surface area contributed by atoms with E-state index in [-0.39, 0.29) is 0 Å². The van der Waals surface area contributed by atoms with E-state index in [0.29, 0.717) is 28.5 Å². The Labute approximate surface area is 193 Å². The first-order valence-corrected chi connectivity index (χ1v) is 13.7. The number of hydrogen-bond donors (Lipinski definition) is 2. The van der Waals surface area contributed by atoms with Gasteiger partial charge in [-0.05, 0) is 44.7 Å². The number of aromatic nitrogens is 4. The Hall–Kier alpha value is -2.41. The molecule has 1 aromatic carbocycles. The highest BCUT2D eigenvalue weighted by Crippen LogP contribution is 2.38. The van der Waals surface area contributed by atoms with Gasteiger partial charge in [-0.3, -0.25) is 4.68 Å².